The average Bonchev–Trinajstić information content (AvgIpc) is 3.36. The number of para-hydroxylation sites is 1. The average molecular weight is 453 g/mol. The van der Waals surface area contributed by atoms with Gasteiger partial charge in [0, 0.05) is 11.6 Å². The van der Waals surface area contributed by atoms with Gasteiger partial charge in [-0.2, -0.15) is 0 Å². The third-order valence-corrected chi connectivity index (χ3v) is 5.89. The molecule has 0 saturated carbocycles. The van der Waals surface area contributed by atoms with Gasteiger partial charge in [0.25, 0.3) is 5.56 Å². The summed E-state index contributed by atoms with van der Waals surface area (Å²) in [6, 6.07) is 10.2. The van der Waals surface area contributed by atoms with Crippen molar-refractivity contribution in [2.24, 2.45) is 4.99 Å². The van der Waals surface area contributed by atoms with Gasteiger partial charge in [0.05, 0.1) is 34.8 Å². The van der Waals surface area contributed by atoms with E-state index in [-0.39, 0.29) is 18.3 Å². The molecule has 0 saturated heterocycles. The van der Waals surface area contributed by atoms with Crippen LogP contribution in [-0.4, -0.2) is 23.2 Å². The number of esters is 1. The molecule has 166 valence electrons. The van der Waals surface area contributed by atoms with Crippen molar-refractivity contribution in [3.05, 3.63) is 84.9 Å². The summed E-state index contributed by atoms with van der Waals surface area (Å²) in [6.07, 6.45) is 3.15. The van der Waals surface area contributed by atoms with Crippen LogP contribution in [0.5, 0.6) is 5.75 Å². The highest BCUT2D eigenvalue weighted by atomic mass is 32.1. The van der Waals surface area contributed by atoms with E-state index >= 15 is 0 Å². The van der Waals surface area contributed by atoms with Gasteiger partial charge in [0.2, 0.25) is 0 Å². The molecule has 1 aromatic carbocycles. The van der Waals surface area contributed by atoms with Crippen LogP contribution in [-0.2, 0) is 9.53 Å². The number of aromatic nitrogens is 1. The molecule has 4 rings (SSSR count). The highest BCUT2D eigenvalue weighted by Gasteiger charge is 2.35. The van der Waals surface area contributed by atoms with Crippen LogP contribution in [0.3, 0.4) is 0 Å². The molecule has 1 atom stereocenters. The number of thiazole rings is 1. The molecule has 0 spiro atoms. The summed E-state index contributed by atoms with van der Waals surface area (Å²) in [5, 5.41) is 0. The molecule has 0 radical (unpaired) electrons. The van der Waals surface area contributed by atoms with Crippen molar-refractivity contribution in [1.82, 2.24) is 4.57 Å². The van der Waals surface area contributed by atoms with E-state index < -0.39 is 12.0 Å². The van der Waals surface area contributed by atoms with Crippen molar-refractivity contribution in [3.63, 3.8) is 0 Å². The van der Waals surface area contributed by atoms with Crippen molar-refractivity contribution in [3.8, 4) is 5.75 Å². The second-order valence-corrected chi connectivity index (χ2v) is 8.53. The Morgan fingerprint density at radius 3 is 2.75 bits per heavy atom. The van der Waals surface area contributed by atoms with Gasteiger partial charge in [-0.1, -0.05) is 29.5 Å². The Morgan fingerprint density at radius 2 is 2.06 bits per heavy atom. The third kappa shape index (κ3) is 4.05. The number of rotatable bonds is 6. The first-order valence-electron chi connectivity index (χ1n) is 10.4. The van der Waals surface area contributed by atoms with Crippen molar-refractivity contribution in [2.75, 3.05) is 6.61 Å². The van der Waals surface area contributed by atoms with Crippen LogP contribution >= 0.6 is 11.3 Å². The van der Waals surface area contributed by atoms with Gasteiger partial charge in [0.15, 0.2) is 4.80 Å². The summed E-state index contributed by atoms with van der Waals surface area (Å²) >= 11 is 1.25. The van der Waals surface area contributed by atoms with Crippen LogP contribution in [0.25, 0.3) is 6.08 Å². The fraction of sp³-hybridized carbons (Fsp3) is 0.292. The lowest BCUT2D eigenvalue weighted by molar-refractivity contribution is -0.139. The van der Waals surface area contributed by atoms with Crippen LogP contribution in [0.15, 0.2) is 68.1 Å². The zero-order chi connectivity index (χ0) is 22.8. The van der Waals surface area contributed by atoms with Crippen LogP contribution in [0, 0.1) is 0 Å². The molecule has 0 bridgehead atoms. The van der Waals surface area contributed by atoms with Crippen LogP contribution in [0.1, 0.15) is 45.1 Å². The molecular formula is C24H24N2O5S. The number of ether oxygens (including phenoxy) is 2. The molecule has 3 heterocycles. The minimum absolute atomic E-state index is 0.0814. The predicted molar refractivity (Wildman–Crippen MR) is 121 cm³/mol. The maximum atomic E-state index is 13.5. The fourth-order valence-electron chi connectivity index (χ4n) is 3.66. The predicted octanol–water partition coefficient (Wildman–Crippen LogP) is 3.18. The Morgan fingerprint density at radius 1 is 1.28 bits per heavy atom. The summed E-state index contributed by atoms with van der Waals surface area (Å²) in [4.78, 5) is 31.6. The first-order chi connectivity index (χ1) is 15.4. The van der Waals surface area contributed by atoms with Crippen LogP contribution < -0.4 is 19.6 Å². The number of furan rings is 1. The highest BCUT2D eigenvalue weighted by Crippen LogP contribution is 2.36. The topological polar surface area (TPSA) is 83.0 Å². The van der Waals surface area contributed by atoms with Crippen molar-refractivity contribution in [1.29, 1.82) is 0 Å². The number of benzene rings is 1. The minimum Gasteiger partial charge on any atom is -0.491 e. The maximum absolute atomic E-state index is 13.5. The van der Waals surface area contributed by atoms with E-state index in [0.717, 1.165) is 0 Å². The van der Waals surface area contributed by atoms with Crippen LogP contribution in [0.2, 0.25) is 0 Å². The molecule has 32 heavy (non-hydrogen) atoms. The largest absolute Gasteiger partial charge is 0.491 e. The van der Waals surface area contributed by atoms with Crippen molar-refractivity contribution < 1.29 is 18.7 Å². The van der Waals surface area contributed by atoms with E-state index in [2.05, 4.69) is 4.99 Å². The standard InChI is InChI=1S/C24H24N2O5S/c1-5-29-23(28)20-15(4)25-24-26(22(27)19(32-24)13-16-9-8-12-30-16)21(20)17-10-6-7-11-18(17)31-14(2)3/h6-14,21H,5H2,1-4H3/b19-13+/t21-/m1/s1. The summed E-state index contributed by atoms with van der Waals surface area (Å²) in [6.45, 7) is 7.58. The Kier molecular flexibility index (Phi) is 6.14. The number of carbonyl (C=O) groups excluding carboxylic acids is 1. The maximum Gasteiger partial charge on any atom is 0.338 e. The molecule has 3 aromatic rings. The number of hydrogen-bond donors (Lipinski definition) is 0. The molecular weight excluding hydrogens is 428 g/mol. The minimum atomic E-state index is -0.723. The lowest BCUT2D eigenvalue weighted by atomic mass is 9.95. The molecule has 8 heteroatoms. The zero-order valence-electron chi connectivity index (χ0n) is 18.3. The molecule has 7 nitrogen and oxygen atoms in total. The Balaban J connectivity index is 1.99. The molecule has 0 aliphatic carbocycles. The molecule has 0 unspecified atom stereocenters. The first-order valence-corrected chi connectivity index (χ1v) is 11.2. The Hall–Kier alpha value is -3.39. The lowest BCUT2D eigenvalue weighted by Gasteiger charge is -2.26. The van der Waals surface area contributed by atoms with Gasteiger partial charge in [-0.3, -0.25) is 9.36 Å². The number of carbonyl (C=O) groups is 1. The smallest absolute Gasteiger partial charge is 0.338 e. The summed E-state index contributed by atoms with van der Waals surface area (Å²) < 4.78 is 18.8. The Bertz CT molecular complexity index is 1350. The molecule has 0 fully saturated rings. The summed E-state index contributed by atoms with van der Waals surface area (Å²) in [5.74, 6) is 0.666. The van der Waals surface area contributed by atoms with E-state index in [1.165, 1.54) is 11.3 Å². The first kappa shape index (κ1) is 21.8. The number of fused-ring (bicyclic) bond motifs is 1. The van der Waals surface area contributed by atoms with Gasteiger partial charge in [0.1, 0.15) is 17.6 Å². The van der Waals surface area contributed by atoms with Gasteiger partial charge >= 0.3 is 5.97 Å². The second kappa shape index (κ2) is 9.00. The van der Waals surface area contributed by atoms with E-state index in [1.54, 1.807) is 42.9 Å². The highest BCUT2D eigenvalue weighted by molar-refractivity contribution is 7.07. The van der Waals surface area contributed by atoms with E-state index in [9.17, 15) is 9.59 Å². The van der Waals surface area contributed by atoms with Gasteiger partial charge in [-0.25, -0.2) is 9.79 Å². The van der Waals surface area contributed by atoms with Gasteiger partial charge in [-0.05, 0) is 45.9 Å². The molecule has 0 N–H and O–H groups in total. The fourth-order valence-corrected chi connectivity index (χ4v) is 4.68. The summed E-state index contributed by atoms with van der Waals surface area (Å²) in [5.41, 5.74) is 1.27. The van der Waals surface area contributed by atoms with E-state index in [4.69, 9.17) is 13.9 Å². The SMILES string of the molecule is CCOC(=O)C1=C(C)N=c2s/c(=C/c3ccco3)c(=O)n2[C@@H]1c1ccccc1OC(C)C. The van der Waals surface area contributed by atoms with Crippen molar-refractivity contribution >= 4 is 23.4 Å². The molecule has 0 amide bonds. The molecule has 1 aliphatic rings. The normalized spacial score (nSPS) is 16.2. The van der Waals surface area contributed by atoms with Gasteiger partial charge in [-0.15, -0.1) is 0 Å². The third-order valence-electron chi connectivity index (χ3n) is 4.91. The zero-order valence-corrected chi connectivity index (χ0v) is 19.1. The Labute approximate surface area is 188 Å². The quantitative estimate of drug-likeness (QED) is 0.537. The van der Waals surface area contributed by atoms with Crippen molar-refractivity contribution in [2.45, 2.75) is 39.8 Å². The van der Waals surface area contributed by atoms with Gasteiger partial charge < -0.3 is 13.9 Å². The lowest BCUT2D eigenvalue weighted by Crippen LogP contribution is -2.40. The monoisotopic (exact) mass is 452 g/mol. The number of nitrogens with zero attached hydrogens (tertiary/aromatic N) is 2. The molecule has 2 aromatic heterocycles. The van der Waals surface area contributed by atoms with E-state index in [1.807, 2.05) is 38.1 Å². The molecule has 1 aliphatic heterocycles. The number of hydrogen-bond acceptors (Lipinski definition) is 7. The number of allylic oxidation sites excluding steroid dienone is 1. The van der Waals surface area contributed by atoms with E-state index in [0.29, 0.717) is 37.7 Å². The van der Waals surface area contributed by atoms with Crippen LogP contribution in [0.4, 0.5) is 0 Å². The second-order valence-electron chi connectivity index (χ2n) is 7.52. The summed E-state index contributed by atoms with van der Waals surface area (Å²) in [7, 11) is 0.